The lowest BCUT2D eigenvalue weighted by Crippen LogP contribution is -2.29. The fourth-order valence-electron chi connectivity index (χ4n) is 1.89. The van der Waals surface area contributed by atoms with Crippen molar-refractivity contribution in [2.75, 3.05) is 13.1 Å². The summed E-state index contributed by atoms with van der Waals surface area (Å²) >= 11 is 0. The van der Waals surface area contributed by atoms with E-state index in [2.05, 4.69) is 0 Å². The van der Waals surface area contributed by atoms with Crippen molar-refractivity contribution in [1.82, 2.24) is 4.90 Å². The second-order valence-electron chi connectivity index (χ2n) is 4.44. The van der Waals surface area contributed by atoms with E-state index in [9.17, 15) is 9.18 Å². The number of carbonyl (C=O) groups is 1. The number of rotatable bonds is 2. The molecule has 1 amide bonds. The number of hydrogen-bond acceptors (Lipinski definition) is 2. The number of amides is 1. The monoisotopic (exact) mass is 237 g/mol. The van der Waals surface area contributed by atoms with Gasteiger partial charge in [-0.1, -0.05) is 37.3 Å². The molecule has 1 heterocycles. The minimum atomic E-state index is -0.931. The fraction of sp³-hybridized carbons (Fsp3) is 0.462. The molecule has 1 aliphatic heterocycles. The number of hydrogen-bond donors (Lipinski definition) is 0. The van der Waals surface area contributed by atoms with Gasteiger partial charge in [-0.05, 0) is 5.56 Å². The van der Waals surface area contributed by atoms with E-state index in [4.69, 9.17) is 4.74 Å². The maximum atomic E-state index is 13.2. The van der Waals surface area contributed by atoms with Gasteiger partial charge in [0.1, 0.15) is 12.8 Å². The summed E-state index contributed by atoms with van der Waals surface area (Å²) in [5.41, 5.74) is 0.935. The molecule has 0 aliphatic carbocycles. The Balaban J connectivity index is 1.82. The highest BCUT2D eigenvalue weighted by Crippen LogP contribution is 2.20. The van der Waals surface area contributed by atoms with Crippen LogP contribution in [-0.4, -0.2) is 30.3 Å². The van der Waals surface area contributed by atoms with Gasteiger partial charge in [-0.2, -0.15) is 0 Å². The van der Waals surface area contributed by atoms with E-state index in [0.29, 0.717) is 6.54 Å². The molecule has 1 fully saturated rings. The smallest absolute Gasteiger partial charge is 0.410 e. The summed E-state index contributed by atoms with van der Waals surface area (Å²) in [6, 6.07) is 9.45. The van der Waals surface area contributed by atoms with Gasteiger partial charge in [0, 0.05) is 12.5 Å². The molecule has 2 rings (SSSR count). The lowest BCUT2D eigenvalue weighted by Gasteiger charge is -2.15. The molecule has 0 spiro atoms. The molecule has 0 saturated carbocycles. The van der Waals surface area contributed by atoms with E-state index in [1.165, 1.54) is 4.90 Å². The minimum Gasteiger partial charge on any atom is -0.445 e. The normalized spacial score (nSPS) is 23.8. The molecule has 0 unspecified atom stereocenters. The van der Waals surface area contributed by atoms with Crippen LogP contribution in [0.15, 0.2) is 30.3 Å². The summed E-state index contributed by atoms with van der Waals surface area (Å²) in [6.45, 7) is 2.63. The maximum Gasteiger partial charge on any atom is 0.410 e. The molecule has 0 radical (unpaired) electrons. The molecule has 1 aromatic rings. The van der Waals surface area contributed by atoms with E-state index >= 15 is 0 Å². The zero-order valence-corrected chi connectivity index (χ0v) is 9.80. The topological polar surface area (TPSA) is 29.5 Å². The molecular formula is C13H16FNO2. The standard InChI is InChI=1S/C13H16FNO2/c1-10-7-15(8-12(10)14)13(16)17-9-11-5-3-2-4-6-11/h2-6,10,12H,7-9H2,1H3/t10-,12-/m0/s1. The largest absolute Gasteiger partial charge is 0.445 e. The molecule has 1 saturated heterocycles. The van der Waals surface area contributed by atoms with Crippen LogP contribution < -0.4 is 0 Å². The Morgan fingerprint density at radius 3 is 2.71 bits per heavy atom. The van der Waals surface area contributed by atoms with Gasteiger partial charge in [-0.3, -0.25) is 0 Å². The van der Waals surface area contributed by atoms with Gasteiger partial charge in [0.2, 0.25) is 0 Å². The van der Waals surface area contributed by atoms with Crippen LogP contribution in [0.1, 0.15) is 12.5 Å². The average molecular weight is 237 g/mol. The number of alkyl halides is 1. The number of carbonyl (C=O) groups excluding carboxylic acids is 1. The van der Waals surface area contributed by atoms with Crippen LogP contribution in [0.4, 0.5) is 9.18 Å². The van der Waals surface area contributed by atoms with Crippen molar-refractivity contribution in [3.8, 4) is 0 Å². The van der Waals surface area contributed by atoms with Gasteiger partial charge < -0.3 is 9.64 Å². The van der Waals surface area contributed by atoms with Crippen LogP contribution in [0.3, 0.4) is 0 Å². The predicted octanol–water partition coefficient (Wildman–Crippen LogP) is 2.61. The first-order valence-electron chi connectivity index (χ1n) is 5.76. The van der Waals surface area contributed by atoms with Crippen molar-refractivity contribution in [1.29, 1.82) is 0 Å². The molecule has 1 aliphatic rings. The van der Waals surface area contributed by atoms with E-state index in [1.54, 1.807) is 6.92 Å². The molecule has 2 atom stereocenters. The Morgan fingerprint density at radius 1 is 1.41 bits per heavy atom. The first kappa shape index (κ1) is 11.9. The van der Waals surface area contributed by atoms with Gasteiger partial charge in [0.25, 0.3) is 0 Å². The van der Waals surface area contributed by atoms with E-state index in [1.807, 2.05) is 30.3 Å². The lowest BCUT2D eigenvalue weighted by atomic mass is 10.1. The lowest BCUT2D eigenvalue weighted by molar-refractivity contribution is 0.102. The number of likely N-dealkylation sites (tertiary alicyclic amines) is 1. The molecule has 92 valence electrons. The summed E-state index contributed by atoms with van der Waals surface area (Å²) < 4.78 is 18.4. The summed E-state index contributed by atoms with van der Waals surface area (Å²) in [5.74, 6) is -0.0979. The third-order valence-corrected chi connectivity index (χ3v) is 2.98. The van der Waals surface area contributed by atoms with Crippen LogP contribution in [0.5, 0.6) is 0 Å². The molecule has 1 aromatic carbocycles. The molecule has 17 heavy (non-hydrogen) atoms. The molecular weight excluding hydrogens is 221 g/mol. The summed E-state index contributed by atoms with van der Waals surface area (Å²) in [5, 5.41) is 0. The number of ether oxygens (including phenoxy) is 1. The Morgan fingerprint density at radius 2 is 2.12 bits per heavy atom. The maximum absolute atomic E-state index is 13.2. The quantitative estimate of drug-likeness (QED) is 0.791. The molecule has 0 bridgehead atoms. The first-order chi connectivity index (χ1) is 8.16. The molecule has 0 N–H and O–H groups in total. The predicted molar refractivity (Wildman–Crippen MR) is 62.3 cm³/mol. The SMILES string of the molecule is C[C@H]1CN(C(=O)OCc2ccccc2)C[C@@H]1F. The molecule has 0 aromatic heterocycles. The number of halogens is 1. The van der Waals surface area contributed by atoms with Crippen LogP contribution >= 0.6 is 0 Å². The van der Waals surface area contributed by atoms with Crippen molar-refractivity contribution < 1.29 is 13.9 Å². The Labute approximate surface area is 100 Å². The Hall–Kier alpha value is -1.58. The minimum absolute atomic E-state index is 0.0979. The second kappa shape index (κ2) is 5.17. The van der Waals surface area contributed by atoms with Crippen molar-refractivity contribution in [3.63, 3.8) is 0 Å². The van der Waals surface area contributed by atoms with Crippen molar-refractivity contribution in [3.05, 3.63) is 35.9 Å². The van der Waals surface area contributed by atoms with Gasteiger partial charge >= 0.3 is 6.09 Å². The van der Waals surface area contributed by atoms with Gasteiger partial charge in [-0.25, -0.2) is 9.18 Å². The van der Waals surface area contributed by atoms with Gasteiger partial charge in [0.15, 0.2) is 0 Å². The van der Waals surface area contributed by atoms with Crippen molar-refractivity contribution in [2.45, 2.75) is 19.7 Å². The van der Waals surface area contributed by atoms with Crippen LogP contribution in [0, 0.1) is 5.92 Å². The zero-order valence-electron chi connectivity index (χ0n) is 9.80. The van der Waals surface area contributed by atoms with Crippen LogP contribution in [0.25, 0.3) is 0 Å². The highest BCUT2D eigenvalue weighted by atomic mass is 19.1. The van der Waals surface area contributed by atoms with E-state index in [-0.39, 0.29) is 19.1 Å². The molecule has 4 heteroatoms. The fourth-order valence-corrected chi connectivity index (χ4v) is 1.89. The Bertz CT molecular complexity index is 372. The van der Waals surface area contributed by atoms with Gasteiger partial charge in [0.05, 0.1) is 6.54 Å². The van der Waals surface area contributed by atoms with Gasteiger partial charge in [-0.15, -0.1) is 0 Å². The number of nitrogens with zero attached hydrogens (tertiary/aromatic N) is 1. The summed E-state index contributed by atoms with van der Waals surface area (Å²) in [4.78, 5) is 13.1. The second-order valence-corrected chi connectivity index (χ2v) is 4.44. The van der Waals surface area contributed by atoms with E-state index in [0.717, 1.165) is 5.56 Å². The van der Waals surface area contributed by atoms with Crippen molar-refractivity contribution in [2.24, 2.45) is 5.92 Å². The van der Waals surface area contributed by atoms with Crippen LogP contribution in [0.2, 0.25) is 0 Å². The van der Waals surface area contributed by atoms with E-state index < -0.39 is 12.3 Å². The highest BCUT2D eigenvalue weighted by molar-refractivity contribution is 5.68. The Kier molecular flexibility index (Phi) is 3.61. The average Bonchev–Trinajstić information content (AvgIpc) is 2.68. The third-order valence-electron chi connectivity index (χ3n) is 2.98. The third kappa shape index (κ3) is 2.96. The first-order valence-corrected chi connectivity index (χ1v) is 5.76. The molecule has 3 nitrogen and oxygen atoms in total. The van der Waals surface area contributed by atoms with Crippen molar-refractivity contribution >= 4 is 6.09 Å². The highest BCUT2D eigenvalue weighted by Gasteiger charge is 2.33. The summed E-state index contributed by atoms with van der Waals surface area (Å²) in [7, 11) is 0. The summed E-state index contributed by atoms with van der Waals surface area (Å²) in [6.07, 6.45) is -1.36. The zero-order chi connectivity index (χ0) is 12.3. The number of benzene rings is 1. The van der Waals surface area contributed by atoms with Crippen LogP contribution in [-0.2, 0) is 11.3 Å².